The van der Waals surface area contributed by atoms with E-state index >= 15 is 0 Å². The average molecular weight is 720 g/mol. The van der Waals surface area contributed by atoms with Crippen molar-refractivity contribution in [3.63, 3.8) is 0 Å². The van der Waals surface area contributed by atoms with E-state index in [-0.39, 0.29) is 18.9 Å². The van der Waals surface area contributed by atoms with E-state index in [4.69, 9.17) is 0 Å². The van der Waals surface area contributed by atoms with Gasteiger partial charge in [0.25, 0.3) is 0 Å². The Balaban J connectivity index is 3.60. The van der Waals surface area contributed by atoms with Gasteiger partial charge in [-0.15, -0.1) is 0 Å². The third-order valence-corrected chi connectivity index (χ3v) is 10.5. The maximum absolute atomic E-state index is 12.4. The van der Waals surface area contributed by atoms with E-state index < -0.39 is 18.2 Å². The number of aliphatic hydroxyl groups is 3. The highest BCUT2D eigenvalue weighted by Gasteiger charge is 2.20. The van der Waals surface area contributed by atoms with E-state index in [1.54, 1.807) is 6.08 Å². The summed E-state index contributed by atoms with van der Waals surface area (Å²) in [5.41, 5.74) is 0. The van der Waals surface area contributed by atoms with Crippen LogP contribution in [0.2, 0.25) is 0 Å². The first-order valence-corrected chi connectivity index (χ1v) is 22.6. The van der Waals surface area contributed by atoms with Crippen LogP contribution in [0.4, 0.5) is 0 Å². The van der Waals surface area contributed by atoms with Crippen LogP contribution < -0.4 is 5.32 Å². The van der Waals surface area contributed by atoms with Gasteiger partial charge in [-0.05, 0) is 32.1 Å². The standard InChI is InChI=1S/C46H89NO4/c1-3-5-7-9-11-13-15-17-18-19-20-21-22-23-24-25-26-28-29-31-33-35-37-39-43(49)41-46(51)47-44(42-48)45(50)40-38-36-34-32-30-27-16-14-12-10-8-6-4-2/h30,32,38,40,43-45,48-50H,3-29,31,33-37,39,41-42H2,1-2H3,(H,47,51)/b32-30+,40-38+. The second kappa shape index (κ2) is 41.6. The number of aliphatic hydroxyl groups excluding tert-OH is 3. The highest BCUT2D eigenvalue weighted by Crippen LogP contribution is 2.16. The Bertz CT molecular complexity index is 754. The minimum atomic E-state index is -0.947. The Morgan fingerprint density at radius 1 is 0.490 bits per heavy atom. The summed E-state index contributed by atoms with van der Waals surface area (Å²) < 4.78 is 0. The van der Waals surface area contributed by atoms with Crippen molar-refractivity contribution in [3.05, 3.63) is 24.3 Å². The fourth-order valence-corrected chi connectivity index (χ4v) is 7.00. The maximum atomic E-state index is 12.4. The topological polar surface area (TPSA) is 89.8 Å². The van der Waals surface area contributed by atoms with E-state index in [1.165, 1.54) is 180 Å². The van der Waals surface area contributed by atoms with Gasteiger partial charge in [0.2, 0.25) is 5.91 Å². The molecule has 0 aromatic rings. The summed E-state index contributed by atoms with van der Waals surface area (Å²) in [5, 5.41) is 33.2. The molecule has 0 heterocycles. The Morgan fingerprint density at radius 3 is 1.25 bits per heavy atom. The highest BCUT2D eigenvalue weighted by atomic mass is 16.3. The van der Waals surface area contributed by atoms with Crippen molar-refractivity contribution in [1.29, 1.82) is 0 Å². The van der Waals surface area contributed by atoms with Gasteiger partial charge in [-0.1, -0.05) is 224 Å². The fourth-order valence-electron chi connectivity index (χ4n) is 7.00. The van der Waals surface area contributed by atoms with Crippen LogP contribution in [0, 0.1) is 0 Å². The molecule has 0 aliphatic rings. The Hall–Kier alpha value is -1.17. The van der Waals surface area contributed by atoms with Gasteiger partial charge in [-0.25, -0.2) is 0 Å². The number of rotatable bonds is 41. The van der Waals surface area contributed by atoms with E-state index in [9.17, 15) is 20.1 Å². The Kier molecular flexibility index (Phi) is 40.6. The summed E-state index contributed by atoms with van der Waals surface area (Å²) in [6, 6.07) is -0.756. The first-order valence-electron chi connectivity index (χ1n) is 22.6. The summed E-state index contributed by atoms with van der Waals surface area (Å²) in [7, 11) is 0. The third-order valence-electron chi connectivity index (χ3n) is 10.5. The van der Waals surface area contributed by atoms with Gasteiger partial charge in [0.1, 0.15) is 0 Å². The molecule has 0 spiro atoms. The smallest absolute Gasteiger partial charge is 0.222 e. The SMILES string of the molecule is CCCCCCCCC/C=C/CC/C=C/C(O)C(CO)NC(=O)CC(O)CCCCCCCCCCCCCCCCCCCCCCCCC. The molecular formula is C46H89NO4. The molecule has 0 rings (SSSR count). The number of hydrogen-bond donors (Lipinski definition) is 4. The van der Waals surface area contributed by atoms with E-state index in [0.717, 1.165) is 32.1 Å². The van der Waals surface area contributed by atoms with Crippen molar-refractivity contribution in [3.8, 4) is 0 Å². The van der Waals surface area contributed by atoms with E-state index in [1.807, 2.05) is 6.08 Å². The Labute approximate surface area is 318 Å². The molecule has 302 valence electrons. The Morgan fingerprint density at radius 2 is 0.843 bits per heavy atom. The lowest BCUT2D eigenvalue weighted by molar-refractivity contribution is -0.124. The zero-order valence-electron chi connectivity index (χ0n) is 34.2. The molecule has 5 nitrogen and oxygen atoms in total. The molecule has 0 radical (unpaired) electrons. The minimum absolute atomic E-state index is 0.00970. The van der Waals surface area contributed by atoms with Crippen molar-refractivity contribution < 1.29 is 20.1 Å². The molecular weight excluding hydrogens is 631 g/mol. The lowest BCUT2D eigenvalue weighted by atomic mass is 10.0. The summed E-state index contributed by atoms with van der Waals surface area (Å²) in [4.78, 5) is 12.4. The highest BCUT2D eigenvalue weighted by molar-refractivity contribution is 5.76. The van der Waals surface area contributed by atoms with Crippen LogP contribution in [0.5, 0.6) is 0 Å². The number of carbonyl (C=O) groups is 1. The van der Waals surface area contributed by atoms with Crippen LogP contribution in [0.25, 0.3) is 0 Å². The molecule has 0 aromatic heterocycles. The summed E-state index contributed by atoms with van der Waals surface area (Å²) in [6.45, 7) is 4.20. The predicted molar refractivity (Wildman–Crippen MR) is 222 cm³/mol. The average Bonchev–Trinajstić information content (AvgIpc) is 3.12. The number of unbranched alkanes of at least 4 members (excludes halogenated alkanes) is 30. The van der Waals surface area contributed by atoms with Gasteiger partial charge in [0.05, 0.1) is 31.3 Å². The summed E-state index contributed by atoms with van der Waals surface area (Å²) in [5.74, 6) is -0.323. The van der Waals surface area contributed by atoms with Crippen molar-refractivity contribution >= 4 is 5.91 Å². The first-order chi connectivity index (χ1) is 25.0. The second-order valence-corrected chi connectivity index (χ2v) is 15.7. The fraction of sp³-hybridized carbons (Fsp3) is 0.891. The number of nitrogens with one attached hydrogen (secondary N) is 1. The first kappa shape index (κ1) is 49.8. The molecule has 0 saturated heterocycles. The van der Waals surface area contributed by atoms with Gasteiger partial charge >= 0.3 is 0 Å². The van der Waals surface area contributed by atoms with Crippen molar-refractivity contribution in [1.82, 2.24) is 5.32 Å². The number of carbonyl (C=O) groups excluding carboxylic acids is 1. The number of amides is 1. The molecule has 4 N–H and O–H groups in total. The van der Waals surface area contributed by atoms with Gasteiger partial charge < -0.3 is 20.6 Å². The molecule has 3 unspecified atom stereocenters. The van der Waals surface area contributed by atoms with Crippen molar-refractivity contribution in [2.45, 2.75) is 257 Å². The van der Waals surface area contributed by atoms with E-state index in [2.05, 4.69) is 31.3 Å². The molecule has 0 fully saturated rings. The lowest BCUT2D eigenvalue weighted by Gasteiger charge is -2.21. The van der Waals surface area contributed by atoms with Crippen molar-refractivity contribution in [2.75, 3.05) is 6.61 Å². The number of allylic oxidation sites excluding steroid dienone is 3. The molecule has 0 saturated carbocycles. The van der Waals surface area contributed by atoms with Gasteiger partial charge in [0.15, 0.2) is 0 Å². The van der Waals surface area contributed by atoms with Crippen LogP contribution in [0.15, 0.2) is 24.3 Å². The summed E-state index contributed by atoms with van der Waals surface area (Å²) >= 11 is 0. The summed E-state index contributed by atoms with van der Waals surface area (Å²) in [6.07, 6.45) is 50.5. The molecule has 1 amide bonds. The van der Waals surface area contributed by atoms with Crippen LogP contribution in [-0.4, -0.2) is 46.1 Å². The van der Waals surface area contributed by atoms with Gasteiger partial charge in [-0.2, -0.15) is 0 Å². The third kappa shape index (κ3) is 38.4. The maximum Gasteiger partial charge on any atom is 0.222 e. The molecule has 0 bridgehead atoms. The predicted octanol–water partition coefficient (Wildman–Crippen LogP) is 13.0. The van der Waals surface area contributed by atoms with E-state index in [0.29, 0.717) is 6.42 Å². The lowest BCUT2D eigenvalue weighted by Crippen LogP contribution is -2.45. The van der Waals surface area contributed by atoms with Gasteiger partial charge in [-0.3, -0.25) is 4.79 Å². The molecule has 3 atom stereocenters. The molecule has 51 heavy (non-hydrogen) atoms. The number of hydrogen-bond acceptors (Lipinski definition) is 4. The van der Waals surface area contributed by atoms with Crippen LogP contribution >= 0.6 is 0 Å². The minimum Gasteiger partial charge on any atom is -0.394 e. The van der Waals surface area contributed by atoms with Gasteiger partial charge in [0, 0.05) is 0 Å². The largest absolute Gasteiger partial charge is 0.394 e. The normalized spacial score (nSPS) is 13.7. The van der Waals surface area contributed by atoms with Crippen LogP contribution in [-0.2, 0) is 4.79 Å². The monoisotopic (exact) mass is 720 g/mol. The van der Waals surface area contributed by atoms with Crippen LogP contribution in [0.3, 0.4) is 0 Å². The molecule has 0 aromatic carbocycles. The molecule has 0 aliphatic carbocycles. The zero-order valence-corrected chi connectivity index (χ0v) is 34.2. The second-order valence-electron chi connectivity index (χ2n) is 15.7. The van der Waals surface area contributed by atoms with Crippen molar-refractivity contribution in [2.24, 2.45) is 0 Å². The van der Waals surface area contributed by atoms with Crippen LogP contribution in [0.1, 0.15) is 239 Å². The zero-order chi connectivity index (χ0) is 37.3. The quantitative estimate of drug-likeness (QED) is 0.0374. The molecule has 0 aliphatic heterocycles. The molecule has 5 heteroatoms.